The molecule has 5 aromatic rings. The number of nitrogens with one attached hydrogen (secondary N) is 3. The second-order valence-corrected chi connectivity index (χ2v) is 11.5. The highest BCUT2D eigenvalue weighted by Gasteiger charge is 2.26. The summed E-state index contributed by atoms with van der Waals surface area (Å²) in [4.78, 5) is 38.3. The van der Waals surface area contributed by atoms with E-state index in [1.165, 1.54) is 23.2 Å². The number of anilines is 1. The Morgan fingerprint density at radius 2 is 1.84 bits per heavy atom. The van der Waals surface area contributed by atoms with Crippen LogP contribution < -0.4 is 16.3 Å². The zero-order chi connectivity index (χ0) is 27.0. The molecule has 0 aliphatic heterocycles. The first-order valence-electron chi connectivity index (χ1n) is 12.0. The fourth-order valence-corrected chi connectivity index (χ4v) is 6.70. The van der Waals surface area contributed by atoms with Gasteiger partial charge in [-0.15, -0.1) is 0 Å². The molecule has 0 aliphatic carbocycles. The van der Waals surface area contributed by atoms with Crippen LogP contribution in [-0.4, -0.2) is 29.5 Å². The van der Waals surface area contributed by atoms with Crippen molar-refractivity contribution in [1.29, 1.82) is 4.78 Å². The van der Waals surface area contributed by atoms with E-state index in [-0.39, 0.29) is 31.9 Å². The van der Waals surface area contributed by atoms with E-state index in [0.29, 0.717) is 34.7 Å². The van der Waals surface area contributed by atoms with E-state index in [0.717, 1.165) is 0 Å². The van der Waals surface area contributed by atoms with Crippen molar-refractivity contribution >= 4 is 49.0 Å². The third-order valence-corrected chi connectivity index (χ3v) is 8.75. The lowest BCUT2D eigenvalue weighted by Gasteiger charge is -2.24. The summed E-state index contributed by atoms with van der Waals surface area (Å²) in [6.45, 7) is 3.66. The molecule has 194 valence electrons. The molecule has 0 amide bonds. The Balaban J connectivity index is 1.80. The van der Waals surface area contributed by atoms with Gasteiger partial charge in [0, 0.05) is 29.1 Å². The minimum Gasteiger partial charge on any atom is -0.361 e. The summed E-state index contributed by atoms with van der Waals surface area (Å²) >= 11 is 7.02. The van der Waals surface area contributed by atoms with E-state index < -0.39 is 21.3 Å². The molecule has 9 nitrogen and oxygen atoms in total. The van der Waals surface area contributed by atoms with Gasteiger partial charge >= 0.3 is 0 Å². The summed E-state index contributed by atoms with van der Waals surface area (Å²) in [6.07, 6.45) is 3.38. The van der Waals surface area contributed by atoms with Crippen molar-refractivity contribution in [3.05, 3.63) is 98.4 Å². The molecule has 3 heterocycles. The lowest BCUT2D eigenvalue weighted by Crippen LogP contribution is -2.27. The predicted molar refractivity (Wildman–Crippen MR) is 151 cm³/mol. The summed E-state index contributed by atoms with van der Waals surface area (Å²) in [5.41, 5.74) is 0.662. The quantitative estimate of drug-likeness (QED) is 0.254. The van der Waals surface area contributed by atoms with Crippen molar-refractivity contribution in [1.82, 2.24) is 19.5 Å². The molecule has 3 aromatic heterocycles. The van der Waals surface area contributed by atoms with Crippen molar-refractivity contribution in [2.75, 3.05) is 11.1 Å². The maximum Gasteiger partial charge on any atom is 0.264 e. The van der Waals surface area contributed by atoms with Gasteiger partial charge in [-0.25, -0.2) is 19.0 Å². The van der Waals surface area contributed by atoms with Crippen LogP contribution in [0.4, 0.5) is 5.82 Å². The molecule has 0 bridgehead atoms. The molecule has 38 heavy (non-hydrogen) atoms. The first-order valence-corrected chi connectivity index (χ1v) is 14.1. The summed E-state index contributed by atoms with van der Waals surface area (Å²) in [6, 6.07) is 14.7. The van der Waals surface area contributed by atoms with E-state index >= 15 is 0 Å². The highest BCUT2D eigenvalue weighted by Crippen LogP contribution is 2.35. The molecule has 0 saturated carbocycles. The van der Waals surface area contributed by atoms with Crippen LogP contribution >= 0.6 is 11.6 Å². The first-order chi connectivity index (χ1) is 18.2. The highest BCUT2D eigenvalue weighted by atomic mass is 35.5. The van der Waals surface area contributed by atoms with Crippen LogP contribution in [0.15, 0.2) is 81.6 Å². The van der Waals surface area contributed by atoms with Gasteiger partial charge in [0.25, 0.3) is 5.56 Å². The molecular formula is C27H25ClN6O3S. The van der Waals surface area contributed by atoms with Gasteiger partial charge in [0.1, 0.15) is 23.2 Å². The van der Waals surface area contributed by atoms with E-state index in [2.05, 4.69) is 20.3 Å². The molecule has 0 unspecified atom stereocenters. The number of rotatable bonds is 7. The molecular weight excluding hydrogens is 524 g/mol. The van der Waals surface area contributed by atoms with Crippen LogP contribution in [0, 0.1) is 4.78 Å². The van der Waals surface area contributed by atoms with Crippen molar-refractivity contribution in [3.63, 3.8) is 0 Å². The average Bonchev–Trinajstić information content (AvgIpc) is 2.90. The third-order valence-electron chi connectivity index (χ3n) is 6.32. The van der Waals surface area contributed by atoms with E-state index in [1.807, 2.05) is 19.9 Å². The minimum absolute atomic E-state index is 0.129. The second kappa shape index (κ2) is 10.0. The smallest absolute Gasteiger partial charge is 0.264 e. The standard InChI is InChI=1S/C27H25ClN6O3S/c1-3-14-38(29,37)20-11-7-10-18-21(20)27(36)34(17-8-5-4-6-9-17)24(23(18)28)16(2)33-26-22-19(35)12-13-30-25(22)31-15-32-26/h4-13,15-16,29H,3,14H2,1-2H3,(H2,30,31,32,33,35)/t16-,38-/m0/s1. The van der Waals surface area contributed by atoms with Crippen molar-refractivity contribution in [3.8, 4) is 5.69 Å². The fraction of sp³-hybridized carbons (Fsp3) is 0.185. The number of aromatic amines is 1. The minimum atomic E-state index is -3.23. The molecule has 5 rings (SSSR count). The number of halogens is 1. The van der Waals surface area contributed by atoms with Gasteiger partial charge in [-0.3, -0.25) is 14.2 Å². The predicted octanol–water partition coefficient (Wildman–Crippen LogP) is 5.26. The molecule has 2 atom stereocenters. The van der Waals surface area contributed by atoms with Crippen LogP contribution in [0.3, 0.4) is 0 Å². The van der Waals surface area contributed by atoms with Crippen LogP contribution in [0.25, 0.3) is 27.5 Å². The third kappa shape index (κ3) is 4.35. The maximum absolute atomic E-state index is 14.2. The van der Waals surface area contributed by atoms with Gasteiger partial charge in [0.2, 0.25) is 0 Å². The van der Waals surface area contributed by atoms with E-state index in [9.17, 15) is 13.8 Å². The fourth-order valence-electron chi connectivity index (χ4n) is 4.67. The lowest BCUT2D eigenvalue weighted by molar-refractivity contribution is 0.673. The number of nitrogens with zero attached hydrogens (tertiary/aromatic N) is 3. The molecule has 2 aromatic carbocycles. The average molecular weight is 549 g/mol. The van der Waals surface area contributed by atoms with E-state index in [4.69, 9.17) is 16.4 Å². The Morgan fingerprint density at radius 1 is 1.08 bits per heavy atom. The van der Waals surface area contributed by atoms with Crippen LogP contribution in [-0.2, 0) is 9.73 Å². The van der Waals surface area contributed by atoms with Crippen LogP contribution in [0.1, 0.15) is 32.0 Å². The van der Waals surface area contributed by atoms with Crippen molar-refractivity contribution in [2.24, 2.45) is 0 Å². The van der Waals surface area contributed by atoms with E-state index in [1.54, 1.807) is 42.5 Å². The van der Waals surface area contributed by atoms with Gasteiger partial charge in [0.05, 0.1) is 36.8 Å². The molecule has 0 radical (unpaired) electrons. The normalized spacial score (nSPS) is 13.9. The number of aromatic nitrogens is 4. The number of pyridine rings is 2. The molecule has 0 aliphatic rings. The topological polar surface area (TPSA) is 134 Å². The zero-order valence-electron chi connectivity index (χ0n) is 20.7. The molecule has 11 heteroatoms. The first kappa shape index (κ1) is 25.6. The molecule has 0 spiro atoms. The highest BCUT2D eigenvalue weighted by molar-refractivity contribution is 7.92. The molecule has 3 N–H and O–H groups in total. The van der Waals surface area contributed by atoms with Gasteiger partial charge < -0.3 is 10.3 Å². The molecule has 0 saturated heterocycles. The van der Waals surface area contributed by atoms with Crippen LogP contribution in [0.2, 0.25) is 5.02 Å². The SMILES string of the molecule is CCC[S@](=N)(=O)c1cccc2c(Cl)c([C@H](C)Nc3ncnc4[nH]ccc(=O)c34)n(-c3ccccc3)c(=O)c12. The number of hydrogen-bond donors (Lipinski definition) is 3. The largest absolute Gasteiger partial charge is 0.361 e. The summed E-state index contributed by atoms with van der Waals surface area (Å²) in [5, 5.41) is 4.36. The summed E-state index contributed by atoms with van der Waals surface area (Å²) < 4.78 is 23.4. The monoisotopic (exact) mass is 548 g/mol. The number of H-pyrrole nitrogens is 1. The van der Waals surface area contributed by atoms with Crippen molar-refractivity contribution < 1.29 is 4.21 Å². The Kier molecular flexibility index (Phi) is 6.77. The Morgan fingerprint density at radius 3 is 2.58 bits per heavy atom. The van der Waals surface area contributed by atoms with Gasteiger partial charge in [-0.05, 0) is 31.5 Å². The van der Waals surface area contributed by atoms with Gasteiger partial charge in [-0.1, -0.05) is 48.9 Å². The summed E-state index contributed by atoms with van der Waals surface area (Å²) in [7, 11) is -3.23. The van der Waals surface area contributed by atoms with Gasteiger partial charge in [-0.2, -0.15) is 0 Å². The van der Waals surface area contributed by atoms with Crippen LogP contribution in [0.5, 0.6) is 0 Å². The Hall–Kier alpha value is -4.02. The number of fused-ring (bicyclic) bond motifs is 2. The Bertz CT molecular complexity index is 1900. The number of hydrogen-bond acceptors (Lipinski definition) is 7. The maximum atomic E-state index is 14.2. The Labute approximate surface area is 223 Å². The lowest BCUT2D eigenvalue weighted by atomic mass is 10.1. The zero-order valence-corrected chi connectivity index (χ0v) is 22.3. The molecule has 0 fully saturated rings. The van der Waals surface area contributed by atoms with Gasteiger partial charge in [0.15, 0.2) is 5.43 Å². The second-order valence-electron chi connectivity index (χ2n) is 8.89. The summed E-state index contributed by atoms with van der Waals surface area (Å²) in [5.74, 6) is 0.419. The number of para-hydroxylation sites is 1. The van der Waals surface area contributed by atoms with Crippen molar-refractivity contribution in [2.45, 2.75) is 31.2 Å². The number of benzene rings is 2.